The molecule has 3 N–H and O–H groups in total. The molecule has 0 radical (unpaired) electrons. The summed E-state index contributed by atoms with van der Waals surface area (Å²) in [5, 5.41) is 2.90. The zero-order valence-corrected chi connectivity index (χ0v) is 15.6. The molecule has 0 saturated heterocycles. The van der Waals surface area contributed by atoms with E-state index in [1.165, 1.54) is 44.8 Å². The molecule has 0 fully saturated rings. The Hall–Kier alpha value is -1.36. The molecule has 1 aromatic heterocycles. The molecular formula is C19H35N3O2. The molecule has 0 aliphatic carbocycles. The first-order chi connectivity index (χ1) is 11.5. The minimum Gasteiger partial charge on any atom is -0.446 e. The van der Waals surface area contributed by atoms with Gasteiger partial charge in [0.25, 0.3) is 5.91 Å². The zero-order valence-electron chi connectivity index (χ0n) is 15.6. The summed E-state index contributed by atoms with van der Waals surface area (Å²) >= 11 is 0. The molecule has 0 bridgehead atoms. The molecule has 1 rings (SSSR count). The number of amides is 1. The lowest BCUT2D eigenvalue weighted by Crippen LogP contribution is -2.25. The number of nitrogens with one attached hydrogen (secondary N) is 1. The SMILES string of the molecule is CCCCCCCCCCNC(=O)c1coc(C(N)CC(C)C)n1. The van der Waals surface area contributed by atoms with Crippen molar-refractivity contribution in [2.75, 3.05) is 6.54 Å². The number of hydrogen-bond donors (Lipinski definition) is 2. The van der Waals surface area contributed by atoms with E-state index in [1.807, 2.05) is 0 Å². The average molecular weight is 338 g/mol. The average Bonchev–Trinajstić information content (AvgIpc) is 3.02. The van der Waals surface area contributed by atoms with Crippen LogP contribution in [0.3, 0.4) is 0 Å². The Morgan fingerprint density at radius 3 is 2.42 bits per heavy atom. The predicted molar refractivity (Wildman–Crippen MR) is 97.8 cm³/mol. The normalized spacial score (nSPS) is 12.5. The van der Waals surface area contributed by atoms with Crippen molar-refractivity contribution in [1.82, 2.24) is 10.3 Å². The second kappa shape index (κ2) is 12.1. The van der Waals surface area contributed by atoms with Crippen LogP contribution < -0.4 is 11.1 Å². The predicted octanol–water partition coefficient (Wildman–Crippen LogP) is 4.59. The summed E-state index contributed by atoms with van der Waals surface area (Å²) in [5.74, 6) is 0.733. The number of rotatable bonds is 13. The van der Waals surface area contributed by atoms with E-state index in [1.54, 1.807) is 0 Å². The molecule has 0 saturated carbocycles. The smallest absolute Gasteiger partial charge is 0.273 e. The molecule has 5 heteroatoms. The van der Waals surface area contributed by atoms with Gasteiger partial charge in [0.05, 0.1) is 6.04 Å². The van der Waals surface area contributed by atoms with Crippen LogP contribution in [0.15, 0.2) is 10.7 Å². The van der Waals surface area contributed by atoms with Crippen LogP contribution in [0.5, 0.6) is 0 Å². The minimum atomic E-state index is -0.251. The van der Waals surface area contributed by atoms with Gasteiger partial charge in [-0.1, -0.05) is 65.7 Å². The molecule has 0 aromatic carbocycles. The summed E-state index contributed by atoms with van der Waals surface area (Å²) in [7, 11) is 0. The van der Waals surface area contributed by atoms with E-state index in [2.05, 4.69) is 31.1 Å². The van der Waals surface area contributed by atoms with Gasteiger partial charge in [-0.2, -0.15) is 0 Å². The van der Waals surface area contributed by atoms with Gasteiger partial charge >= 0.3 is 0 Å². The van der Waals surface area contributed by atoms with Gasteiger partial charge in [-0.3, -0.25) is 4.79 Å². The standard InChI is InChI=1S/C19H35N3O2/c1-4-5-6-7-8-9-10-11-12-21-18(23)17-14-24-19(22-17)16(20)13-15(2)3/h14-16H,4-13,20H2,1-3H3,(H,21,23). The van der Waals surface area contributed by atoms with E-state index < -0.39 is 0 Å². The number of aromatic nitrogens is 1. The fourth-order valence-corrected chi connectivity index (χ4v) is 2.72. The molecule has 24 heavy (non-hydrogen) atoms. The zero-order chi connectivity index (χ0) is 17.8. The van der Waals surface area contributed by atoms with Gasteiger partial charge in [0.15, 0.2) is 5.69 Å². The van der Waals surface area contributed by atoms with Crippen molar-refractivity contribution in [3.05, 3.63) is 17.8 Å². The molecule has 1 amide bonds. The van der Waals surface area contributed by atoms with Crippen molar-refractivity contribution < 1.29 is 9.21 Å². The maximum absolute atomic E-state index is 12.0. The first-order valence-electron chi connectivity index (χ1n) is 9.53. The van der Waals surface area contributed by atoms with E-state index in [4.69, 9.17) is 10.2 Å². The molecule has 5 nitrogen and oxygen atoms in total. The third kappa shape index (κ3) is 8.48. The van der Waals surface area contributed by atoms with Gasteiger partial charge in [-0.25, -0.2) is 4.98 Å². The maximum atomic E-state index is 12.0. The third-order valence-corrected chi connectivity index (χ3v) is 4.11. The Kier molecular flexibility index (Phi) is 10.4. The van der Waals surface area contributed by atoms with Crippen LogP contribution in [0.25, 0.3) is 0 Å². The van der Waals surface area contributed by atoms with Gasteiger partial charge < -0.3 is 15.5 Å². The molecule has 1 aromatic rings. The number of carbonyl (C=O) groups excluding carboxylic acids is 1. The second-order valence-corrected chi connectivity index (χ2v) is 7.04. The van der Waals surface area contributed by atoms with Gasteiger partial charge in [0.2, 0.25) is 5.89 Å². The van der Waals surface area contributed by atoms with Crippen LogP contribution in [0.4, 0.5) is 0 Å². The Labute approximate surface area is 146 Å². The van der Waals surface area contributed by atoms with Crippen molar-refractivity contribution in [3.63, 3.8) is 0 Å². The first kappa shape index (κ1) is 20.7. The van der Waals surface area contributed by atoms with Crippen molar-refractivity contribution in [1.29, 1.82) is 0 Å². The lowest BCUT2D eigenvalue weighted by atomic mass is 10.0. The summed E-state index contributed by atoms with van der Waals surface area (Å²) in [6, 6.07) is -0.251. The molecule has 1 heterocycles. The van der Waals surface area contributed by atoms with Crippen LogP contribution in [-0.2, 0) is 0 Å². The van der Waals surface area contributed by atoms with Crippen LogP contribution >= 0.6 is 0 Å². The van der Waals surface area contributed by atoms with E-state index >= 15 is 0 Å². The number of carbonyl (C=O) groups is 1. The molecular weight excluding hydrogens is 302 g/mol. The second-order valence-electron chi connectivity index (χ2n) is 7.04. The number of nitrogens with zero attached hydrogens (tertiary/aromatic N) is 1. The van der Waals surface area contributed by atoms with E-state index in [9.17, 15) is 4.79 Å². The van der Waals surface area contributed by atoms with Crippen LogP contribution in [0.2, 0.25) is 0 Å². The summed E-state index contributed by atoms with van der Waals surface area (Å²) in [5.41, 5.74) is 6.34. The Morgan fingerprint density at radius 1 is 1.17 bits per heavy atom. The monoisotopic (exact) mass is 337 g/mol. The van der Waals surface area contributed by atoms with Crippen molar-refractivity contribution in [2.24, 2.45) is 11.7 Å². The number of unbranched alkanes of at least 4 members (excludes halogenated alkanes) is 7. The van der Waals surface area contributed by atoms with Gasteiger partial charge in [0.1, 0.15) is 6.26 Å². The molecule has 0 aliphatic heterocycles. The Bertz CT molecular complexity index is 457. The highest BCUT2D eigenvalue weighted by molar-refractivity contribution is 5.91. The van der Waals surface area contributed by atoms with Crippen LogP contribution in [0.1, 0.15) is 101 Å². The lowest BCUT2D eigenvalue weighted by molar-refractivity contribution is 0.0948. The highest BCUT2D eigenvalue weighted by atomic mass is 16.3. The van der Waals surface area contributed by atoms with Gasteiger partial charge in [-0.05, 0) is 18.8 Å². The summed E-state index contributed by atoms with van der Waals surface area (Å²) in [6.45, 7) is 7.12. The largest absolute Gasteiger partial charge is 0.446 e. The fraction of sp³-hybridized carbons (Fsp3) is 0.789. The Morgan fingerprint density at radius 2 is 1.79 bits per heavy atom. The molecule has 1 atom stereocenters. The van der Waals surface area contributed by atoms with Crippen molar-refractivity contribution in [3.8, 4) is 0 Å². The quantitative estimate of drug-likeness (QED) is 0.516. The number of nitrogens with two attached hydrogens (primary N) is 1. The molecule has 138 valence electrons. The summed E-state index contributed by atoms with van der Waals surface area (Å²) in [4.78, 5) is 16.3. The first-order valence-corrected chi connectivity index (χ1v) is 9.53. The lowest BCUT2D eigenvalue weighted by Gasteiger charge is -2.09. The van der Waals surface area contributed by atoms with E-state index in [0.717, 1.165) is 19.3 Å². The van der Waals surface area contributed by atoms with Crippen molar-refractivity contribution >= 4 is 5.91 Å². The fourth-order valence-electron chi connectivity index (χ4n) is 2.72. The summed E-state index contributed by atoms with van der Waals surface area (Å²) < 4.78 is 5.34. The van der Waals surface area contributed by atoms with Crippen LogP contribution in [-0.4, -0.2) is 17.4 Å². The third-order valence-electron chi connectivity index (χ3n) is 4.11. The number of oxazole rings is 1. The number of hydrogen-bond acceptors (Lipinski definition) is 4. The van der Waals surface area contributed by atoms with Gasteiger partial charge in [-0.15, -0.1) is 0 Å². The van der Waals surface area contributed by atoms with Crippen LogP contribution in [0, 0.1) is 5.92 Å². The summed E-state index contributed by atoms with van der Waals surface area (Å²) in [6.07, 6.45) is 12.2. The molecule has 0 aliphatic rings. The Balaban J connectivity index is 2.16. The van der Waals surface area contributed by atoms with E-state index in [-0.39, 0.29) is 11.9 Å². The molecule has 0 spiro atoms. The van der Waals surface area contributed by atoms with E-state index in [0.29, 0.717) is 24.0 Å². The maximum Gasteiger partial charge on any atom is 0.273 e. The minimum absolute atomic E-state index is 0.176. The highest BCUT2D eigenvalue weighted by Gasteiger charge is 2.17. The molecule has 1 unspecified atom stereocenters. The van der Waals surface area contributed by atoms with Gasteiger partial charge in [0, 0.05) is 6.54 Å². The highest BCUT2D eigenvalue weighted by Crippen LogP contribution is 2.18. The topological polar surface area (TPSA) is 81.2 Å². The van der Waals surface area contributed by atoms with Crippen molar-refractivity contribution in [2.45, 2.75) is 84.6 Å².